The van der Waals surface area contributed by atoms with Crippen LogP contribution in [0, 0.1) is 0 Å². The van der Waals surface area contributed by atoms with E-state index < -0.39 is 0 Å². The van der Waals surface area contributed by atoms with Crippen molar-refractivity contribution in [1.29, 1.82) is 0 Å². The van der Waals surface area contributed by atoms with E-state index in [1.807, 2.05) is 0 Å². The lowest BCUT2D eigenvalue weighted by molar-refractivity contribution is 0.0994. The molecule has 1 aromatic carbocycles. The Morgan fingerprint density at radius 2 is 2.31 bits per heavy atom. The Morgan fingerprint density at radius 3 is 2.94 bits per heavy atom. The zero-order valence-corrected chi connectivity index (χ0v) is 8.47. The molecule has 0 radical (unpaired) electrons. The molecule has 0 atom stereocenters. The van der Waals surface area contributed by atoms with Gasteiger partial charge in [0.2, 0.25) is 0 Å². The van der Waals surface area contributed by atoms with E-state index in [0.717, 1.165) is 5.56 Å². The first-order valence-electron chi connectivity index (χ1n) is 4.77. The number of rotatable bonds is 3. The third-order valence-electron chi connectivity index (χ3n) is 2.24. The quantitative estimate of drug-likeness (QED) is 0.672. The standard InChI is InChI=1S/C11H11N3O2/c12-11-9(6-13-14-11)10(16)5-7-2-1-3-8(15)4-7/h1-4,6,15H,5H2,(H3,12,13,14). The topological polar surface area (TPSA) is 92.0 Å². The van der Waals surface area contributed by atoms with Gasteiger partial charge in [0.15, 0.2) is 5.78 Å². The van der Waals surface area contributed by atoms with Gasteiger partial charge in [0.25, 0.3) is 0 Å². The van der Waals surface area contributed by atoms with Crippen molar-refractivity contribution in [3.63, 3.8) is 0 Å². The molecule has 16 heavy (non-hydrogen) atoms. The number of nitrogens with one attached hydrogen (secondary N) is 1. The van der Waals surface area contributed by atoms with Crippen LogP contribution in [0.4, 0.5) is 5.82 Å². The number of hydrogen-bond donors (Lipinski definition) is 3. The summed E-state index contributed by atoms with van der Waals surface area (Å²) in [5.74, 6) is 0.285. The summed E-state index contributed by atoms with van der Waals surface area (Å²) in [6, 6.07) is 6.57. The highest BCUT2D eigenvalue weighted by molar-refractivity contribution is 6.01. The number of hydrogen-bond acceptors (Lipinski definition) is 4. The lowest BCUT2D eigenvalue weighted by Crippen LogP contribution is -2.05. The normalized spacial score (nSPS) is 10.2. The monoisotopic (exact) mass is 217 g/mol. The highest BCUT2D eigenvalue weighted by Crippen LogP contribution is 2.15. The maximum absolute atomic E-state index is 11.8. The van der Waals surface area contributed by atoms with Crippen LogP contribution in [0.25, 0.3) is 0 Å². The van der Waals surface area contributed by atoms with Crippen LogP contribution in [0.5, 0.6) is 5.75 Å². The Balaban J connectivity index is 2.17. The molecule has 5 heteroatoms. The number of aromatic hydroxyl groups is 1. The number of benzene rings is 1. The second kappa shape index (κ2) is 4.06. The number of nitrogens with zero attached hydrogens (tertiary/aromatic N) is 1. The maximum Gasteiger partial charge on any atom is 0.172 e. The van der Waals surface area contributed by atoms with Gasteiger partial charge < -0.3 is 10.8 Å². The number of H-pyrrole nitrogens is 1. The van der Waals surface area contributed by atoms with Gasteiger partial charge in [-0.25, -0.2) is 0 Å². The molecule has 2 rings (SSSR count). The van der Waals surface area contributed by atoms with E-state index in [0.29, 0.717) is 5.56 Å². The molecule has 0 aliphatic rings. The number of Topliss-reactive ketones (excluding diaryl/α,β-unsaturated/α-hetero) is 1. The van der Waals surface area contributed by atoms with Crippen molar-refractivity contribution in [1.82, 2.24) is 10.2 Å². The van der Waals surface area contributed by atoms with E-state index in [1.165, 1.54) is 6.20 Å². The van der Waals surface area contributed by atoms with Crippen LogP contribution in [0.1, 0.15) is 15.9 Å². The Bertz CT molecular complexity index is 519. The van der Waals surface area contributed by atoms with Gasteiger partial charge in [-0.1, -0.05) is 12.1 Å². The Morgan fingerprint density at radius 1 is 1.50 bits per heavy atom. The van der Waals surface area contributed by atoms with E-state index in [2.05, 4.69) is 10.2 Å². The summed E-state index contributed by atoms with van der Waals surface area (Å²) in [5, 5.41) is 15.4. The van der Waals surface area contributed by atoms with Gasteiger partial charge >= 0.3 is 0 Å². The number of aromatic amines is 1. The van der Waals surface area contributed by atoms with Crippen LogP contribution in [-0.4, -0.2) is 21.1 Å². The van der Waals surface area contributed by atoms with Crippen molar-refractivity contribution in [2.45, 2.75) is 6.42 Å². The summed E-state index contributed by atoms with van der Waals surface area (Å²) >= 11 is 0. The Kier molecular flexibility index (Phi) is 2.59. The van der Waals surface area contributed by atoms with E-state index in [1.54, 1.807) is 24.3 Å². The molecule has 0 fully saturated rings. The molecule has 1 heterocycles. The summed E-state index contributed by atoms with van der Waals surface area (Å²) in [5.41, 5.74) is 6.66. The number of carbonyl (C=O) groups is 1. The van der Waals surface area contributed by atoms with Crippen molar-refractivity contribution < 1.29 is 9.90 Å². The molecule has 0 unspecified atom stereocenters. The zero-order valence-electron chi connectivity index (χ0n) is 8.47. The van der Waals surface area contributed by atoms with Gasteiger partial charge in [0.05, 0.1) is 11.8 Å². The van der Waals surface area contributed by atoms with E-state index >= 15 is 0 Å². The summed E-state index contributed by atoms with van der Waals surface area (Å²) in [6.45, 7) is 0. The minimum absolute atomic E-state index is 0.128. The molecule has 0 aliphatic heterocycles. The molecule has 0 aliphatic carbocycles. The van der Waals surface area contributed by atoms with Crippen LogP contribution >= 0.6 is 0 Å². The van der Waals surface area contributed by atoms with Crippen molar-refractivity contribution in [3.05, 3.63) is 41.6 Å². The first-order chi connectivity index (χ1) is 7.66. The molecule has 0 amide bonds. The van der Waals surface area contributed by atoms with E-state index in [9.17, 15) is 9.90 Å². The smallest absolute Gasteiger partial charge is 0.172 e. The van der Waals surface area contributed by atoms with Crippen molar-refractivity contribution in [3.8, 4) is 5.75 Å². The van der Waals surface area contributed by atoms with Gasteiger partial charge in [-0.05, 0) is 17.7 Å². The van der Waals surface area contributed by atoms with Crippen molar-refractivity contribution >= 4 is 11.6 Å². The summed E-state index contributed by atoms with van der Waals surface area (Å²) in [4.78, 5) is 11.8. The molecule has 0 spiro atoms. The number of anilines is 1. The fourth-order valence-electron chi connectivity index (χ4n) is 1.47. The Hall–Kier alpha value is -2.30. The molecule has 4 N–H and O–H groups in total. The number of phenolic OH excluding ortho intramolecular Hbond substituents is 1. The first-order valence-corrected chi connectivity index (χ1v) is 4.77. The zero-order chi connectivity index (χ0) is 11.5. The number of aromatic nitrogens is 2. The molecule has 2 aromatic rings. The van der Waals surface area contributed by atoms with Gasteiger partial charge in [-0.15, -0.1) is 0 Å². The van der Waals surface area contributed by atoms with Crippen LogP contribution in [0.3, 0.4) is 0 Å². The van der Waals surface area contributed by atoms with Crippen molar-refractivity contribution in [2.24, 2.45) is 0 Å². The predicted octanol–water partition coefficient (Wildman–Crippen LogP) is 1.12. The van der Waals surface area contributed by atoms with Crippen LogP contribution < -0.4 is 5.73 Å². The van der Waals surface area contributed by atoms with Crippen LogP contribution in [0.2, 0.25) is 0 Å². The van der Waals surface area contributed by atoms with Gasteiger partial charge in [0, 0.05) is 6.42 Å². The largest absolute Gasteiger partial charge is 0.508 e. The molecule has 0 saturated carbocycles. The average molecular weight is 217 g/mol. The third-order valence-corrected chi connectivity index (χ3v) is 2.24. The van der Waals surface area contributed by atoms with Crippen LogP contribution in [0.15, 0.2) is 30.5 Å². The number of ketones is 1. The van der Waals surface area contributed by atoms with Gasteiger partial charge in [-0.2, -0.15) is 5.10 Å². The third kappa shape index (κ3) is 2.03. The highest BCUT2D eigenvalue weighted by Gasteiger charge is 2.12. The molecular weight excluding hydrogens is 206 g/mol. The molecule has 1 aromatic heterocycles. The summed E-state index contributed by atoms with van der Waals surface area (Å²) < 4.78 is 0. The molecule has 0 saturated heterocycles. The average Bonchev–Trinajstić information content (AvgIpc) is 2.64. The fourth-order valence-corrected chi connectivity index (χ4v) is 1.47. The lowest BCUT2D eigenvalue weighted by Gasteiger charge is -2.00. The first kappa shape index (κ1) is 10.2. The predicted molar refractivity (Wildman–Crippen MR) is 59.1 cm³/mol. The molecular formula is C11H11N3O2. The number of nitrogens with two attached hydrogens (primary N) is 1. The second-order valence-electron chi connectivity index (χ2n) is 3.47. The minimum atomic E-state index is -0.128. The summed E-state index contributed by atoms with van der Waals surface area (Å²) in [6.07, 6.45) is 1.60. The second-order valence-corrected chi connectivity index (χ2v) is 3.47. The fraction of sp³-hybridized carbons (Fsp3) is 0.0909. The highest BCUT2D eigenvalue weighted by atomic mass is 16.3. The molecule has 82 valence electrons. The number of phenols is 1. The lowest BCUT2D eigenvalue weighted by atomic mass is 10.0. The Labute approximate surface area is 91.9 Å². The molecule has 5 nitrogen and oxygen atoms in total. The van der Waals surface area contributed by atoms with E-state index in [-0.39, 0.29) is 23.8 Å². The van der Waals surface area contributed by atoms with Gasteiger partial charge in [-0.3, -0.25) is 9.89 Å². The number of nitrogen functional groups attached to an aromatic ring is 1. The van der Waals surface area contributed by atoms with Gasteiger partial charge in [0.1, 0.15) is 11.6 Å². The SMILES string of the molecule is Nc1[nH]ncc1C(=O)Cc1cccc(O)c1. The number of carbonyl (C=O) groups excluding carboxylic acids is 1. The minimum Gasteiger partial charge on any atom is -0.508 e. The van der Waals surface area contributed by atoms with Crippen LogP contribution in [-0.2, 0) is 6.42 Å². The van der Waals surface area contributed by atoms with E-state index in [4.69, 9.17) is 5.73 Å². The molecule has 0 bridgehead atoms. The van der Waals surface area contributed by atoms with Crippen molar-refractivity contribution in [2.75, 3.05) is 5.73 Å². The maximum atomic E-state index is 11.8. The summed E-state index contributed by atoms with van der Waals surface area (Å²) in [7, 11) is 0.